The Bertz CT molecular complexity index is 1320. The summed E-state index contributed by atoms with van der Waals surface area (Å²) < 4.78 is 25.6. The van der Waals surface area contributed by atoms with Gasteiger partial charge in [0.05, 0.1) is 7.11 Å². The molecule has 4 rings (SSSR count). The molecule has 0 spiro atoms. The zero-order valence-corrected chi connectivity index (χ0v) is 17.7. The van der Waals surface area contributed by atoms with E-state index in [1.807, 2.05) is 0 Å². The molecule has 1 N–H and O–H groups in total. The average Bonchev–Trinajstić information content (AvgIpc) is 3.15. The number of hydrogen-bond acceptors (Lipinski definition) is 5. The van der Waals surface area contributed by atoms with Gasteiger partial charge in [-0.1, -0.05) is 12.1 Å². The van der Waals surface area contributed by atoms with E-state index in [4.69, 9.17) is 14.6 Å². The third kappa shape index (κ3) is 4.53. The van der Waals surface area contributed by atoms with E-state index < -0.39 is 11.8 Å². The lowest BCUT2D eigenvalue weighted by molar-refractivity contribution is -0.131. The predicted molar refractivity (Wildman–Crippen MR) is 121 cm³/mol. The quantitative estimate of drug-likeness (QED) is 0.270. The molecule has 5 nitrogen and oxygen atoms in total. The molecular weight excluding hydrogens is 431 g/mol. The number of carbonyl (C=O) groups excluding carboxylic acids is 1. The third-order valence-electron chi connectivity index (χ3n) is 4.68. The first-order chi connectivity index (χ1) is 15.4. The highest BCUT2D eigenvalue weighted by atomic mass is 32.1. The molecule has 0 fully saturated rings. The smallest absolute Gasteiger partial charge is 0.328 e. The molecule has 0 aliphatic heterocycles. The van der Waals surface area contributed by atoms with E-state index in [1.165, 1.54) is 18.2 Å². The topological polar surface area (TPSA) is 72.8 Å². The number of ketones is 1. The van der Waals surface area contributed by atoms with Gasteiger partial charge in [0.25, 0.3) is 0 Å². The molecular formula is C25H17FO5S. The van der Waals surface area contributed by atoms with Crippen LogP contribution >= 0.6 is 11.3 Å². The van der Waals surface area contributed by atoms with Crippen molar-refractivity contribution in [1.82, 2.24) is 0 Å². The molecule has 0 aliphatic rings. The summed E-state index contributed by atoms with van der Waals surface area (Å²) in [5.74, 6) is -0.240. The van der Waals surface area contributed by atoms with E-state index in [9.17, 15) is 14.0 Å². The number of carboxylic acid groups (broad SMARTS) is 1. The predicted octanol–water partition coefficient (Wildman–Crippen LogP) is 6.17. The summed E-state index contributed by atoms with van der Waals surface area (Å²) >= 11 is 1.16. The van der Waals surface area contributed by atoms with E-state index in [-0.39, 0.29) is 5.78 Å². The molecule has 0 saturated heterocycles. The highest BCUT2D eigenvalue weighted by Crippen LogP contribution is 2.42. The van der Waals surface area contributed by atoms with Crippen LogP contribution in [0.3, 0.4) is 0 Å². The van der Waals surface area contributed by atoms with Crippen molar-refractivity contribution in [2.24, 2.45) is 0 Å². The molecule has 32 heavy (non-hydrogen) atoms. The Morgan fingerprint density at radius 2 is 1.66 bits per heavy atom. The van der Waals surface area contributed by atoms with E-state index in [1.54, 1.807) is 61.7 Å². The molecule has 1 aromatic heterocycles. The van der Waals surface area contributed by atoms with Crippen molar-refractivity contribution in [3.63, 3.8) is 0 Å². The molecule has 3 aromatic carbocycles. The van der Waals surface area contributed by atoms with Crippen LogP contribution in [0.4, 0.5) is 4.39 Å². The van der Waals surface area contributed by atoms with Crippen LogP contribution in [-0.4, -0.2) is 24.0 Å². The number of aliphatic carboxylic acids is 1. The van der Waals surface area contributed by atoms with Crippen molar-refractivity contribution in [3.8, 4) is 17.2 Å². The number of carboxylic acids is 1. The molecule has 0 saturated carbocycles. The Morgan fingerprint density at radius 3 is 2.31 bits per heavy atom. The number of carbonyl (C=O) groups is 2. The first-order valence-electron chi connectivity index (χ1n) is 9.54. The lowest BCUT2D eigenvalue weighted by atomic mass is 10.1. The number of fused-ring (bicyclic) bond motifs is 1. The van der Waals surface area contributed by atoms with Crippen LogP contribution in [0, 0.1) is 5.82 Å². The highest BCUT2D eigenvalue weighted by Gasteiger charge is 2.22. The molecule has 1 heterocycles. The van der Waals surface area contributed by atoms with Gasteiger partial charge < -0.3 is 14.6 Å². The van der Waals surface area contributed by atoms with Crippen molar-refractivity contribution in [2.75, 3.05) is 7.11 Å². The second-order valence-electron chi connectivity index (χ2n) is 6.80. The Hall–Kier alpha value is -3.97. The normalized spacial score (nSPS) is 11.1. The van der Waals surface area contributed by atoms with Gasteiger partial charge in [-0.2, -0.15) is 0 Å². The van der Waals surface area contributed by atoms with Crippen molar-refractivity contribution in [1.29, 1.82) is 0 Å². The number of ether oxygens (including phenoxy) is 2. The fourth-order valence-electron chi connectivity index (χ4n) is 3.10. The highest BCUT2D eigenvalue weighted by molar-refractivity contribution is 7.21. The first kappa shape index (κ1) is 21.3. The monoisotopic (exact) mass is 448 g/mol. The minimum atomic E-state index is -1.04. The number of rotatable bonds is 7. The van der Waals surface area contributed by atoms with Gasteiger partial charge >= 0.3 is 5.97 Å². The van der Waals surface area contributed by atoms with E-state index >= 15 is 0 Å². The standard InChI is InChI=1S/C25H17FO5S/c1-30-18-10-5-16(6-11-18)23(29)25-24(20-12-7-17(26)14-21(20)32-25)31-19-8-2-15(3-9-19)4-13-22(27)28/h2-14H,1H3,(H,27,28)/b13-4+. The summed E-state index contributed by atoms with van der Waals surface area (Å²) in [5, 5.41) is 9.38. The second kappa shape index (κ2) is 9.03. The van der Waals surface area contributed by atoms with Crippen molar-refractivity contribution in [3.05, 3.63) is 94.6 Å². The summed E-state index contributed by atoms with van der Waals surface area (Å²) in [7, 11) is 1.55. The molecule has 0 atom stereocenters. The molecule has 0 amide bonds. The zero-order valence-electron chi connectivity index (χ0n) is 16.9. The number of benzene rings is 3. The summed E-state index contributed by atoms with van der Waals surface area (Å²) in [5.41, 5.74) is 1.14. The maximum Gasteiger partial charge on any atom is 0.328 e. The van der Waals surface area contributed by atoms with Crippen LogP contribution in [0.15, 0.2) is 72.8 Å². The fraction of sp³-hybridized carbons (Fsp3) is 0.0400. The van der Waals surface area contributed by atoms with Crippen molar-refractivity contribution in [2.45, 2.75) is 0 Å². The van der Waals surface area contributed by atoms with Crippen LogP contribution < -0.4 is 9.47 Å². The lowest BCUT2D eigenvalue weighted by Gasteiger charge is -2.08. The van der Waals surface area contributed by atoms with Gasteiger partial charge in [-0.25, -0.2) is 9.18 Å². The number of thiophene rings is 1. The van der Waals surface area contributed by atoms with Crippen LogP contribution in [0.2, 0.25) is 0 Å². The van der Waals surface area contributed by atoms with Gasteiger partial charge in [-0.15, -0.1) is 11.3 Å². The van der Waals surface area contributed by atoms with E-state index in [0.29, 0.717) is 43.3 Å². The lowest BCUT2D eigenvalue weighted by Crippen LogP contribution is -2.01. The Labute approximate surface area is 187 Å². The Morgan fingerprint density at radius 1 is 0.969 bits per heavy atom. The van der Waals surface area contributed by atoms with Gasteiger partial charge in [0.1, 0.15) is 22.2 Å². The molecule has 160 valence electrons. The molecule has 0 bridgehead atoms. The summed E-state index contributed by atoms with van der Waals surface area (Å²) in [4.78, 5) is 24.3. The minimum Gasteiger partial charge on any atom is -0.497 e. The maximum absolute atomic E-state index is 13.8. The van der Waals surface area contributed by atoms with Gasteiger partial charge in [-0.05, 0) is 66.2 Å². The van der Waals surface area contributed by atoms with Gasteiger partial charge in [0.2, 0.25) is 5.78 Å². The molecule has 0 unspecified atom stereocenters. The molecule has 4 aromatic rings. The SMILES string of the molecule is COc1ccc(C(=O)c2sc3cc(F)ccc3c2Oc2ccc(/C=C/C(=O)O)cc2)cc1. The summed E-state index contributed by atoms with van der Waals surface area (Å²) in [6, 6.07) is 17.8. The Kier molecular flexibility index (Phi) is 6.00. The van der Waals surface area contributed by atoms with Crippen molar-refractivity contribution >= 4 is 39.3 Å². The largest absolute Gasteiger partial charge is 0.497 e. The maximum atomic E-state index is 13.8. The summed E-state index contributed by atoms with van der Waals surface area (Å²) in [6.07, 6.45) is 2.51. The van der Waals surface area contributed by atoms with E-state index in [2.05, 4.69) is 0 Å². The van der Waals surface area contributed by atoms with Crippen molar-refractivity contribution < 1.29 is 28.6 Å². The van der Waals surface area contributed by atoms with Gasteiger partial charge in [0, 0.05) is 21.7 Å². The van der Waals surface area contributed by atoms with Crippen LogP contribution in [0.25, 0.3) is 16.2 Å². The average molecular weight is 448 g/mol. The Balaban J connectivity index is 1.72. The number of hydrogen-bond donors (Lipinski definition) is 1. The van der Waals surface area contributed by atoms with Crippen LogP contribution in [-0.2, 0) is 4.79 Å². The van der Waals surface area contributed by atoms with Gasteiger partial charge in [-0.3, -0.25) is 4.79 Å². The minimum absolute atomic E-state index is 0.245. The molecule has 0 radical (unpaired) electrons. The molecule has 0 aliphatic carbocycles. The zero-order chi connectivity index (χ0) is 22.7. The summed E-state index contributed by atoms with van der Waals surface area (Å²) in [6.45, 7) is 0. The van der Waals surface area contributed by atoms with Gasteiger partial charge in [0.15, 0.2) is 5.75 Å². The second-order valence-corrected chi connectivity index (χ2v) is 7.85. The molecule has 7 heteroatoms. The fourth-order valence-corrected chi connectivity index (χ4v) is 4.22. The third-order valence-corrected chi connectivity index (χ3v) is 5.82. The first-order valence-corrected chi connectivity index (χ1v) is 10.4. The van der Waals surface area contributed by atoms with E-state index in [0.717, 1.165) is 17.4 Å². The number of halogens is 1. The van der Waals surface area contributed by atoms with Crippen LogP contribution in [0.5, 0.6) is 17.2 Å². The number of methoxy groups -OCH3 is 1. The van der Waals surface area contributed by atoms with Crippen LogP contribution in [0.1, 0.15) is 20.8 Å².